The van der Waals surface area contributed by atoms with Crippen molar-refractivity contribution in [1.29, 1.82) is 0 Å². The summed E-state index contributed by atoms with van der Waals surface area (Å²) in [6.07, 6.45) is 1.89. The first-order valence-electron chi connectivity index (χ1n) is 6.04. The molecule has 0 unspecified atom stereocenters. The summed E-state index contributed by atoms with van der Waals surface area (Å²) in [5.74, 6) is 0.193. The lowest BCUT2D eigenvalue weighted by molar-refractivity contribution is -0.119. The van der Waals surface area contributed by atoms with Crippen LogP contribution in [-0.4, -0.2) is 34.9 Å². The SMILES string of the molecule is CC(C)N(CCCc1nc(CCl)cs1)CC(N)=O. The number of thiazole rings is 1. The molecule has 0 radical (unpaired) electrons. The van der Waals surface area contributed by atoms with E-state index >= 15 is 0 Å². The van der Waals surface area contributed by atoms with Crippen molar-refractivity contribution in [3.8, 4) is 0 Å². The van der Waals surface area contributed by atoms with E-state index in [9.17, 15) is 4.79 Å². The number of aromatic nitrogens is 1. The number of carbonyl (C=O) groups is 1. The molecule has 0 saturated carbocycles. The molecule has 18 heavy (non-hydrogen) atoms. The molecule has 1 aromatic heterocycles. The first-order valence-corrected chi connectivity index (χ1v) is 7.46. The fourth-order valence-corrected chi connectivity index (χ4v) is 2.75. The molecular weight excluding hydrogens is 270 g/mol. The molecule has 1 heterocycles. The highest BCUT2D eigenvalue weighted by Crippen LogP contribution is 2.13. The monoisotopic (exact) mass is 289 g/mol. The number of alkyl halides is 1. The van der Waals surface area contributed by atoms with Crippen LogP contribution in [0.3, 0.4) is 0 Å². The van der Waals surface area contributed by atoms with Gasteiger partial charge >= 0.3 is 0 Å². The van der Waals surface area contributed by atoms with Crippen molar-refractivity contribution in [2.24, 2.45) is 5.73 Å². The van der Waals surface area contributed by atoms with Gasteiger partial charge in [-0.15, -0.1) is 22.9 Å². The Morgan fingerprint density at radius 1 is 1.61 bits per heavy atom. The van der Waals surface area contributed by atoms with Gasteiger partial charge < -0.3 is 5.73 Å². The number of halogens is 1. The second kappa shape index (κ2) is 7.71. The van der Waals surface area contributed by atoms with E-state index in [1.165, 1.54) is 0 Å². The number of hydrogen-bond acceptors (Lipinski definition) is 4. The molecule has 0 aliphatic rings. The van der Waals surface area contributed by atoms with Gasteiger partial charge in [0.2, 0.25) is 5.91 Å². The molecule has 6 heteroatoms. The highest BCUT2D eigenvalue weighted by atomic mass is 35.5. The first kappa shape index (κ1) is 15.4. The van der Waals surface area contributed by atoms with Crippen molar-refractivity contribution >= 4 is 28.8 Å². The van der Waals surface area contributed by atoms with E-state index in [0.29, 0.717) is 18.5 Å². The van der Waals surface area contributed by atoms with Gasteiger partial charge in [0, 0.05) is 17.8 Å². The van der Waals surface area contributed by atoms with Crippen LogP contribution in [0.4, 0.5) is 0 Å². The van der Waals surface area contributed by atoms with Crippen molar-refractivity contribution in [3.63, 3.8) is 0 Å². The van der Waals surface area contributed by atoms with E-state index in [1.807, 2.05) is 5.38 Å². The summed E-state index contributed by atoms with van der Waals surface area (Å²) in [5.41, 5.74) is 6.17. The molecule has 0 spiro atoms. The van der Waals surface area contributed by atoms with Crippen LogP contribution in [0.2, 0.25) is 0 Å². The Hall–Kier alpha value is -0.650. The number of nitrogens with two attached hydrogens (primary N) is 1. The van der Waals surface area contributed by atoms with E-state index < -0.39 is 0 Å². The third-order valence-corrected chi connectivity index (χ3v) is 3.89. The Morgan fingerprint density at radius 2 is 2.33 bits per heavy atom. The fourth-order valence-electron chi connectivity index (χ4n) is 1.68. The van der Waals surface area contributed by atoms with Crippen molar-refractivity contribution in [2.75, 3.05) is 13.1 Å². The van der Waals surface area contributed by atoms with Gasteiger partial charge in [0.15, 0.2) is 0 Å². The van der Waals surface area contributed by atoms with Crippen LogP contribution in [-0.2, 0) is 17.1 Å². The number of rotatable bonds is 8. The zero-order valence-electron chi connectivity index (χ0n) is 10.9. The Morgan fingerprint density at radius 3 is 2.83 bits per heavy atom. The molecule has 0 fully saturated rings. The number of amides is 1. The van der Waals surface area contributed by atoms with Crippen LogP contribution >= 0.6 is 22.9 Å². The van der Waals surface area contributed by atoms with Crippen LogP contribution in [0.5, 0.6) is 0 Å². The third kappa shape index (κ3) is 5.33. The molecule has 4 nitrogen and oxygen atoms in total. The summed E-state index contributed by atoms with van der Waals surface area (Å²) < 4.78 is 0. The molecule has 2 N–H and O–H groups in total. The minimum absolute atomic E-state index is 0.276. The van der Waals surface area contributed by atoms with Crippen LogP contribution in [0.1, 0.15) is 31.0 Å². The molecule has 1 aromatic rings. The predicted molar refractivity (Wildman–Crippen MR) is 75.9 cm³/mol. The normalized spacial score (nSPS) is 11.4. The van der Waals surface area contributed by atoms with E-state index in [2.05, 4.69) is 23.7 Å². The number of carbonyl (C=O) groups excluding carboxylic acids is 1. The lowest BCUT2D eigenvalue weighted by Gasteiger charge is -2.24. The quantitative estimate of drug-likeness (QED) is 0.745. The molecular formula is C12H20ClN3OS. The van der Waals surface area contributed by atoms with Gasteiger partial charge in [-0.3, -0.25) is 9.69 Å². The number of nitrogens with zero attached hydrogens (tertiary/aromatic N) is 2. The molecule has 0 saturated heterocycles. The van der Waals surface area contributed by atoms with Crippen LogP contribution in [0.15, 0.2) is 5.38 Å². The van der Waals surface area contributed by atoms with Gasteiger partial charge in [-0.1, -0.05) is 0 Å². The summed E-state index contributed by atoms with van der Waals surface area (Å²) >= 11 is 7.35. The van der Waals surface area contributed by atoms with Crippen molar-refractivity contribution in [3.05, 3.63) is 16.1 Å². The maximum Gasteiger partial charge on any atom is 0.231 e. The van der Waals surface area contributed by atoms with Gasteiger partial charge in [-0.25, -0.2) is 4.98 Å². The summed E-state index contributed by atoms with van der Waals surface area (Å²) in [6.45, 7) is 5.31. The summed E-state index contributed by atoms with van der Waals surface area (Å²) in [4.78, 5) is 17.4. The van der Waals surface area contributed by atoms with Gasteiger partial charge in [-0.2, -0.15) is 0 Å². The Labute approximate surface area is 117 Å². The lowest BCUT2D eigenvalue weighted by Crippen LogP contribution is -2.39. The van der Waals surface area contributed by atoms with Crippen LogP contribution < -0.4 is 5.73 Å². The molecule has 102 valence electrons. The summed E-state index contributed by atoms with van der Waals surface area (Å²) in [5, 5.41) is 3.10. The average Bonchev–Trinajstić information content (AvgIpc) is 2.75. The third-order valence-electron chi connectivity index (χ3n) is 2.66. The molecule has 0 atom stereocenters. The predicted octanol–water partition coefficient (Wildman–Crippen LogP) is 2.01. The minimum atomic E-state index is -0.276. The maximum absolute atomic E-state index is 10.9. The van der Waals surface area contributed by atoms with Crippen LogP contribution in [0, 0.1) is 0 Å². The van der Waals surface area contributed by atoms with Crippen molar-refractivity contribution in [2.45, 2.75) is 38.6 Å². The average molecular weight is 290 g/mol. The van der Waals surface area contributed by atoms with Gasteiger partial charge in [-0.05, 0) is 26.8 Å². The molecule has 0 aromatic carbocycles. The fraction of sp³-hybridized carbons (Fsp3) is 0.667. The second-order valence-corrected chi connectivity index (χ2v) is 5.71. The van der Waals surface area contributed by atoms with E-state index in [-0.39, 0.29) is 5.91 Å². The standard InChI is InChI=1S/C12H20ClN3OS/c1-9(2)16(7-11(14)17)5-3-4-12-15-10(6-13)8-18-12/h8-9H,3-7H2,1-2H3,(H2,14,17). The summed E-state index contributed by atoms with van der Waals surface area (Å²) in [6, 6.07) is 0.326. The van der Waals surface area contributed by atoms with Gasteiger partial charge in [0.05, 0.1) is 23.1 Å². The molecule has 0 aliphatic carbocycles. The minimum Gasteiger partial charge on any atom is -0.369 e. The number of hydrogen-bond donors (Lipinski definition) is 1. The molecule has 0 aliphatic heterocycles. The Bertz CT molecular complexity index is 381. The highest BCUT2D eigenvalue weighted by molar-refractivity contribution is 7.09. The Kier molecular flexibility index (Phi) is 6.60. The smallest absolute Gasteiger partial charge is 0.231 e. The zero-order valence-corrected chi connectivity index (χ0v) is 12.4. The van der Waals surface area contributed by atoms with E-state index in [0.717, 1.165) is 30.1 Å². The van der Waals surface area contributed by atoms with E-state index in [4.69, 9.17) is 17.3 Å². The molecule has 0 bridgehead atoms. The second-order valence-electron chi connectivity index (χ2n) is 4.50. The van der Waals surface area contributed by atoms with E-state index in [1.54, 1.807) is 11.3 Å². The molecule has 1 rings (SSSR count). The van der Waals surface area contributed by atoms with Gasteiger partial charge in [0.1, 0.15) is 0 Å². The highest BCUT2D eigenvalue weighted by Gasteiger charge is 2.12. The summed E-state index contributed by atoms with van der Waals surface area (Å²) in [7, 11) is 0. The van der Waals surface area contributed by atoms with Crippen LogP contribution in [0.25, 0.3) is 0 Å². The van der Waals surface area contributed by atoms with Gasteiger partial charge in [0.25, 0.3) is 0 Å². The topological polar surface area (TPSA) is 59.2 Å². The Balaban J connectivity index is 2.36. The zero-order chi connectivity index (χ0) is 13.5. The first-order chi connectivity index (χ1) is 8.52. The largest absolute Gasteiger partial charge is 0.369 e. The molecule has 1 amide bonds. The van der Waals surface area contributed by atoms with Crippen molar-refractivity contribution < 1.29 is 4.79 Å². The maximum atomic E-state index is 10.9. The van der Waals surface area contributed by atoms with Crippen molar-refractivity contribution in [1.82, 2.24) is 9.88 Å². The number of aryl methyl sites for hydroxylation is 1. The number of primary amides is 1. The lowest BCUT2D eigenvalue weighted by atomic mass is 10.2.